The SMILES string of the molecule is CNC(=O)C1C=CC(=C2C=CNCC2)C(F)N1Cc1ccc2c(c1F)NC(=C=O)C(C)=C2. The summed E-state index contributed by atoms with van der Waals surface area (Å²) in [6, 6.07) is 2.40. The molecule has 0 radical (unpaired) electrons. The van der Waals surface area contributed by atoms with E-state index in [1.165, 1.54) is 11.9 Å². The van der Waals surface area contributed by atoms with Crippen molar-refractivity contribution in [3.8, 4) is 0 Å². The van der Waals surface area contributed by atoms with Crippen LogP contribution in [0.4, 0.5) is 14.5 Å². The first-order valence-electron chi connectivity index (χ1n) is 10.4. The van der Waals surface area contributed by atoms with Crippen molar-refractivity contribution >= 4 is 23.6 Å². The molecule has 2 atom stereocenters. The molecule has 1 aromatic rings. The molecule has 0 aliphatic carbocycles. The number of nitrogens with one attached hydrogen (secondary N) is 3. The first-order chi connectivity index (χ1) is 15.4. The number of anilines is 1. The summed E-state index contributed by atoms with van der Waals surface area (Å²) in [4.78, 5) is 25.0. The zero-order valence-corrected chi connectivity index (χ0v) is 17.8. The van der Waals surface area contributed by atoms with Crippen molar-refractivity contribution in [2.75, 3.05) is 18.9 Å². The fourth-order valence-corrected chi connectivity index (χ4v) is 4.14. The lowest BCUT2D eigenvalue weighted by Crippen LogP contribution is -2.50. The van der Waals surface area contributed by atoms with E-state index in [4.69, 9.17) is 0 Å². The molecule has 6 nitrogen and oxygen atoms in total. The Bertz CT molecular complexity index is 1130. The van der Waals surface area contributed by atoms with Crippen LogP contribution in [0.15, 0.2) is 59.0 Å². The van der Waals surface area contributed by atoms with Crippen LogP contribution >= 0.6 is 0 Å². The van der Waals surface area contributed by atoms with Gasteiger partial charge in [0.05, 0.1) is 5.69 Å². The molecule has 0 bridgehead atoms. The van der Waals surface area contributed by atoms with E-state index in [-0.39, 0.29) is 29.4 Å². The number of benzene rings is 1. The van der Waals surface area contributed by atoms with Gasteiger partial charge in [-0.3, -0.25) is 9.69 Å². The summed E-state index contributed by atoms with van der Waals surface area (Å²) in [6.45, 7) is 2.29. The molecule has 1 amide bonds. The lowest BCUT2D eigenvalue weighted by atomic mass is 9.95. The van der Waals surface area contributed by atoms with E-state index in [1.807, 2.05) is 6.08 Å². The standard InChI is InChI=1S/C24H24F2N4O2/c1-14-11-16-3-4-17(21(25)22(16)29-19(14)13-31)12-30-20(24(32)27-2)6-5-18(23(30)26)15-7-9-28-10-8-15/h3-7,9,11,20,23,28-29H,8,10,12H2,1-2H3,(H,27,32). The normalized spacial score (nSPS) is 24.8. The Morgan fingerprint density at radius 1 is 1.34 bits per heavy atom. The number of hydrogen-bond donors (Lipinski definition) is 3. The van der Waals surface area contributed by atoms with Crippen LogP contribution in [0.1, 0.15) is 24.5 Å². The van der Waals surface area contributed by atoms with Crippen molar-refractivity contribution < 1.29 is 18.4 Å². The average molecular weight is 438 g/mol. The summed E-state index contributed by atoms with van der Waals surface area (Å²) >= 11 is 0. The monoisotopic (exact) mass is 438 g/mol. The second kappa shape index (κ2) is 8.94. The molecule has 4 rings (SSSR count). The molecule has 0 spiro atoms. The minimum atomic E-state index is -1.59. The molecule has 0 saturated carbocycles. The predicted molar refractivity (Wildman–Crippen MR) is 119 cm³/mol. The van der Waals surface area contributed by atoms with Crippen molar-refractivity contribution in [2.45, 2.75) is 32.2 Å². The van der Waals surface area contributed by atoms with Gasteiger partial charge in [-0.15, -0.1) is 0 Å². The summed E-state index contributed by atoms with van der Waals surface area (Å²) in [7, 11) is 1.48. The smallest absolute Gasteiger partial charge is 0.241 e. The molecular weight excluding hydrogens is 414 g/mol. The Hall–Kier alpha value is -3.48. The Morgan fingerprint density at radius 3 is 2.84 bits per heavy atom. The number of likely N-dealkylation sites (N-methyl/N-ethyl adjacent to an activating group) is 1. The third-order valence-corrected chi connectivity index (χ3v) is 5.92. The number of allylic oxidation sites excluding steroid dienone is 2. The topological polar surface area (TPSA) is 73.5 Å². The summed E-state index contributed by atoms with van der Waals surface area (Å²) in [5.74, 6) is 0.802. The maximum absolute atomic E-state index is 15.7. The fraction of sp³-hybridized carbons (Fsp3) is 0.292. The van der Waals surface area contributed by atoms with Gasteiger partial charge in [0.1, 0.15) is 11.7 Å². The third kappa shape index (κ3) is 3.90. The highest BCUT2D eigenvalue weighted by Crippen LogP contribution is 2.35. The lowest BCUT2D eigenvalue weighted by molar-refractivity contribution is -0.126. The van der Waals surface area contributed by atoms with Gasteiger partial charge >= 0.3 is 0 Å². The number of carbonyl (C=O) groups excluding carboxylic acids is 2. The third-order valence-electron chi connectivity index (χ3n) is 5.92. The molecule has 3 aliphatic heterocycles. The number of carbonyl (C=O) groups is 1. The Balaban J connectivity index is 1.72. The van der Waals surface area contributed by atoms with E-state index in [0.717, 1.165) is 5.57 Å². The number of alkyl halides is 1. The van der Waals surface area contributed by atoms with E-state index in [0.29, 0.717) is 29.7 Å². The maximum Gasteiger partial charge on any atom is 0.241 e. The summed E-state index contributed by atoms with van der Waals surface area (Å²) < 4.78 is 31.1. The molecule has 0 fully saturated rings. The average Bonchev–Trinajstić information content (AvgIpc) is 2.81. The van der Waals surface area contributed by atoms with Crippen LogP contribution < -0.4 is 16.0 Å². The Morgan fingerprint density at radius 2 is 2.16 bits per heavy atom. The zero-order chi connectivity index (χ0) is 22.8. The van der Waals surface area contributed by atoms with Gasteiger partial charge in [0.25, 0.3) is 0 Å². The van der Waals surface area contributed by atoms with Gasteiger partial charge in [0.2, 0.25) is 5.91 Å². The molecule has 0 saturated heterocycles. The highest BCUT2D eigenvalue weighted by atomic mass is 19.1. The van der Waals surface area contributed by atoms with E-state index < -0.39 is 18.2 Å². The second-order valence-electron chi connectivity index (χ2n) is 7.88. The van der Waals surface area contributed by atoms with Gasteiger partial charge in [-0.05, 0) is 42.8 Å². The first kappa shape index (κ1) is 21.7. The van der Waals surface area contributed by atoms with Gasteiger partial charge in [0, 0.05) is 36.8 Å². The van der Waals surface area contributed by atoms with E-state index in [2.05, 4.69) is 16.0 Å². The van der Waals surface area contributed by atoms with Crippen LogP contribution in [-0.4, -0.2) is 42.7 Å². The summed E-state index contributed by atoms with van der Waals surface area (Å²) in [6.07, 6.45) is 7.63. The van der Waals surface area contributed by atoms with Crippen LogP contribution in [0, 0.1) is 5.82 Å². The predicted octanol–water partition coefficient (Wildman–Crippen LogP) is 2.96. The molecule has 166 valence electrons. The maximum atomic E-state index is 15.7. The van der Waals surface area contributed by atoms with Crippen LogP contribution in [0.3, 0.4) is 0 Å². The number of amides is 1. The number of nitrogens with zero attached hydrogens (tertiary/aromatic N) is 1. The summed E-state index contributed by atoms with van der Waals surface area (Å²) in [5.41, 5.74) is 3.05. The molecule has 8 heteroatoms. The number of fused-ring (bicyclic) bond motifs is 1. The van der Waals surface area contributed by atoms with Crippen molar-refractivity contribution in [2.24, 2.45) is 0 Å². The van der Waals surface area contributed by atoms with Crippen molar-refractivity contribution in [3.63, 3.8) is 0 Å². The molecule has 32 heavy (non-hydrogen) atoms. The van der Waals surface area contributed by atoms with Gasteiger partial charge in [-0.25, -0.2) is 13.6 Å². The molecular formula is C24H24F2N4O2. The number of rotatable bonds is 3. The zero-order valence-electron chi connectivity index (χ0n) is 17.8. The minimum Gasteiger partial charge on any atom is -0.391 e. The van der Waals surface area contributed by atoms with Crippen molar-refractivity contribution in [1.82, 2.24) is 15.5 Å². The second-order valence-corrected chi connectivity index (χ2v) is 7.88. The van der Waals surface area contributed by atoms with Crippen molar-refractivity contribution in [3.05, 3.63) is 75.9 Å². The van der Waals surface area contributed by atoms with Crippen LogP contribution in [0.5, 0.6) is 0 Å². The van der Waals surface area contributed by atoms with Crippen LogP contribution in [0.2, 0.25) is 0 Å². The fourth-order valence-electron chi connectivity index (χ4n) is 4.14. The number of halogens is 2. The highest BCUT2D eigenvalue weighted by Gasteiger charge is 2.36. The molecule has 2 unspecified atom stereocenters. The Labute approximate surface area is 185 Å². The molecule has 1 aromatic carbocycles. The molecule has 3 N–H and O–H groups in total. The molecule has 3 aliphatic rings. The Kier molecular flexibility index (Phi) is 6.08. The van der Waals surface area contributed by atoms with Gasteiger partial charge in [-0.1, -0.05) is 24.3 Å². The number of hydrogen-bond acceptors (Lipinski definition) is 5. The van der Waals surface area contributed by atoms with E-state index in [1.54, 1.807) is 49.4 Å². The van der Waals surface area contributed by atoms with E-state index in [9.17, 15) is 9.59 Å². The van der Waals surface area contributed by atoms with Crippen LogP contribution in [-0.2, 0) is 16.1 Å². The minimum absolute atomic E-state index is 0.133. The van der Waals surface area contributed by atoms with Crippen molar-refractivity contribution in [1.29, 1.82) is 0 Å². The largest absolute Gasteiger partial charge is 0.391 e. The van der Waals surface area contributed by atoms with Gasteiger partial charge in [0.15, 0.2) is 18.1 Å². The molecule has 0 aromatic heterocycles. The summed E-state index contributed by atoms with van der Waals surface area (Å²) in [5, 5.41) is 8.40. The van der Waals surface area contributed by atoms with E-state index >= 15 is 8.78 Å². The quantitative estimate of drug-likeness (QED) is 0.500. The van der Waals surface area contributed by atoms with Gasteiger partial charge < -0.3 is 16.0 Å². The van der Waals surface area contributed by atoms with Gasteiger partial charge in [-0.2, -0.15) is 0 Å². The first-order valence-corrected chi connectivity index (χ1v) is 10.4. The molecule has 3 heterocycles. The van der Waals surface area contributed by atoms with Crippen LogP contribution in [0.25, 0.3) is 6.08 Å². The highest BCUT2D eigenvalue weighted by molar-refractivity contribution is 5.85. The lowest BCUT2D eigenvalue weighted by Gasteiger charge is -2.36.